The van der Waals surface area contributed by atoms with E-state index in [0.29, 0.717) is 22.6 Å². The molecule has 0 spiro atoms. The number of aryl methyl sites for hydroxylation is 1. The van der Waals surface area contributed by atoms with Gasteiger partial charge >= 0.3 is 0 Å². The Kier molecular flexibility index (Phi) is 8.34. The highest BCUT2D eigenvalue weighted by Crippen LogP contribution is 2.21. The molecule has 4 N–H and O–H groups in total. The van der Waals surface area contributed by atoms with Gasteiger partial charge in [0.2, 0.25) is 11.1 Å². The highest BCUT2D eigenvalue weighted by atomic mass is 79.9. The topological polar surface area (TPSA) is 132 Å². The van der Waals surface area contributed by atoms with Crippen molar-refractivity contribution in [3.63, 3.8) is 0 Å². The molecule has 13 heteroatoms. The van der Waals surface area contributed by atoms with Crippen LogP contribution < -0.4 is 21.3 Å². The van der Waals surface area contributed by atoms with Gasteiger partial charge in [-0.15, -0.1) is 21.5 Å². The first-order valence-electron chi connectivity index (χ1n) is 10.3. The number of hydrogen-bond acceptors (Lipinski definition) is 10. The zero-order chi connectivity index (χ0) is 24.6. The van der Waals surface area contributed by atoms with Gasteiger partial charge in [0.05, 0.1) is 17.7 Å². The molecule has 0 aliphatic carbocycles. The van der Waals surface area contributed by atoms with Crippen LogP contribution >= 0.6 is 39.0 Å². The summed E-state index contributed by atoms with van der Waals surface area (Å²) in [5, 5.41) is 17.7. The number of anilines is 2. The van der Waals surface area contributed by atoms with E-state index in [1.807, 2.05) is 60.8 Å². The number of thioether (sulfide) groups is 1. The summed E-state index contributed by atoms with van der Waals surface area (Å²) in [5.41, 5.74) is 5.45. The maximum Gasteiger partial charge on any atom is 0.264 e. The molecule has 0 unspecified atom stereocenters. The molecule has 4 rings (SSSR count). The van der Waals surface area contributed by atoms with E-state index in [1.54, 1.807) is 6.21 Å². The van der Waals surface area contributed by atoms with E-state index in [-0.39, 0.29) is 17.6 Å². The molecule has 0 saturated carbocycles. The third-order valence-corrected chi connectivity index (χ3v) is 6.74. The number of nitrogens with two attached hydrogens (primary N) is 1. The number of carbonyl (C=O) groups is 1. The van der Waals surface area contributed by atoms with Crippen LogP contribution in [0.1, 0.15) is 16.8 Å². The average Bonchev–Trinajstić information content (AvgIpc) is 3.41. The number of nitrogens with zero attached hydrogens (tertiary/aromatic N) is 5. The third-order valence-electron chi connectivity index (χ3n) is 4.43. The van der Waals surface area contributed by atoms with Crippen LogP contribution in [0, 0.1) is 6.92 Å². The first-order valence-corrected chi connectivity index (χ1v) is 12.9. The van der Waals surface area contributed by atoms with Gasteiger partial charge in [-0.25, -0.2) is 15.1 Å². The van der Waals surface area contributed by atoms with Gasteiger partial charge in [-0.2, -0.15) is 5.10 Å². The van der Waals surface area contributed by atoms with Crippen molar-refractivity contribution in [3.8, 4) is 5.75 Å². The molecule has 180 valence electrons. The normalized spacial score (nSPS) is 11.0. The quantitative estimate of drug-likeness (QED) is 0.111. The molecule has 4 aromatic rings. The second-order valence-corrected chi connectivity index (χ2v) is 9.85. The van der Waals surface area contributed by atoms with Gasteiger partial charge in [0.15, 0.2) is 5.13 Å². The van der Waals surface area contributed by atoms with Crippen LogP contribution in [0.4, 0.5) is 11.1 Å². The van der Waals surface area contributed by atoms with Crippen molar-refractivity contribution in [3.05, 3.63) is 75.2 Å². The maximum atomic E-state index is 12.1. The number of benzene rings is 2. The average molecular weight is 574 g/mol. The largest absolute Gasteiger partial charge is 0.488 e. The van der Waals surface area contributed by atoms with Crippen LogP contribution in [-0.2, 0) is 11.4 Å². The van der Waals surface area contributed by atoms with Gasteiger partial charge < -0.3 is 15.9 Å². The summed E-state index contributed by atoms with van der Waals surface area (Å²) in [6, 6.07) is 15.5. The van der Waals surface area contributed by atoms with Crippen molar-refractivity contribution in [2.24, 2.45) is 5.10 Å². The van der Waals surface area contributed by atoms with Crippen molar-refractivity contribution < 1.29 is 9.53 Å². The second-order valence-electron chi connectivity index (χ2n) is 7.13. The Morgan fingerprint density at radius 1 is 1.29 bits per heavy atom. The molecule has 0 saturated heterocycles. The van der Waals surface area contributed by atoms with E-state index in [4.69, 9.17) is 10.6 Å². The van der Waals surface area contributed by atoms with Crippen LogP contribution in [0.3, 0.4) is 0 Å². The molecule has 0 aliphatic heterocycles. The predicted octanol–water partition coefficient (Wildman–Crippen LogP) is 4.28. The van der Waals surface area contributed by atoms with Gasteiger partial charge in [0.1, 0.15) is 12.4 Å². The number of hydrazone groups is 1. The summed E-state index contributed by atoms with van der Waals surface area (Å²) in [7, 11) is 0. The second kappa shape index (κ2) is 11.8. The Morgan fingerprint density at radius 3 is 2.94 bits per heavy atom. The lowest BCUT2D eigenvalue weighted by Crippen LogP contribution is -2.16. The number of aromatic nitrogens is 4. The molecule has 0 aliphatic rings. The summed E-state index contributed by atoms with van der Waals surface area (Å²) < 4.78 is 8.20. The monoisotopic (exact) mass is 572 g/mol. The van der Waals surface area contributed by atoms with Crippen molar-refractivity contribution in [2.75, 3.05) is 22.3 Å². The lowest BCUT2D eigenvalue weighted by molar-refractivity contribution is -0.113. The first-order chi connectivity index (χ1) is 17.0. The third kappa shape index (κ3) is 7.04. The molecule has 0 bridgehead atoms. The number of thiazole rings is 1. The molecule has 2 aromatic carbocycles. The number of carbonyl (C=O) groups excluding carboxylic acids is 1. The fourth-order valence-corrected chi connectivity index (χ4v) is 4.62. The number of rotatable bonds is 10. The van der Waals surface area contributed by atoms with Crippen molar-refractivity contribution in [2.45, 2.75) is 18.7 Å². The molecule has 0 fully saturated rings. The predicted molar refractivity (Wildman–Crippen MR) is 143 cm³/mol. The summed E-state index contributed by atoms with van der Waals surface area (Å²) in [6.07, 6.45) is 1.61. The standard InChI is InChI=1S/C22H21BrN8O2S2/c1-14-12-34-21(26-14)27-19(32)13-35-22-30-29-20(31(22)24)28-25-10-16-6-2-3-8-18(16)33-11-15-5-4-7-17(23)9-15/h2-10,12H,11,13,24H2,1H3,(H,28,29)(H,26,27,32)/b25-10+. The highest BCUT2D eigenvalue weighted by Gasteiger charge is 2.13. The maximum absolute atomic E-state index is 12.1. The number of ether oxygens (including phenoxy) is 1. The van der Waals surface area contributed by atoms with Crippen LogP contribution in [-0.4, -0.2) is 37.7 Å². The fourth-order valence-electron chi connectivity index (χ4n) is 2.81. The van der Waals surface area contributed by atoms with Gasteiger partial charge in [0, 0.05) is 15.4 Å². The van der Waals surface area contributed by atoms with Crippen molar-refractivity contribution >= 4 is 62.2 Å². The molecular weight excluding hydrogens is 552 g/mol. The minimum absolute atomic E-state index is 0.111. The lowest BCUT2D eigenvalue weighted by Gasteiger charge is -2.09. The minimum Gasteiger partial charge on any atom is -0.488 e. The fraction of sp³-hybridized carbons (Fsp3) is 0.136. The number of nitrogens with one attached hydrogen (secondary N) is 2. The van der Waals surface area contributed by atoms with Crippen molar-refractivity contribution in [1.29, 1.82) is 0 Å². The summed E-state index contributed by atoms with van der Waals surface area (Å²) in [6.45, 7) is 2.29. The SMILES string of the molecule is Cc1csc(NC(=O)CSc2nnc(N/N=C/c3ccccc3OCc3cccc(Br)c3)n2N)n1. The molecule has 2 heterocycles. The molecule has 1 amide bonds. The van der Waals surface area contributed by atoms with Gasteiger partial charge in [0.25, 0.3) is 5.95 Å². The van der Waals surface area contributed by atoms with E-state index in [9.17, 15) is 4.79 Å². The summed E-state index contributed by atoms with van der Waals surface area (Å²) in [5.74, 6) is 6.86. The van der Waals surface area contributed by atoms with Gasteiger partial charge in [-0.05, 0) is 36.8 Å². The summed E-state index contributed by atoms with van der Waals surface area (Å²) >= 11 is 5.99. The van der Waals surface area contributed by atoms with Crippen LogP contribution in [0.2, 0.25) is 0 Å². The highest BCUT2D eigenvalue weighted by molar-refractivity contribution is 9.10. The van der Waals surface area contributed by atoms with E-state index < -0.39 is 0 Å². The molecule has 2 aromatic heterocycles. The smallest absolute Gasteiger partial charge is 0.264 e. The minimum atomic E-state index is -0.209. The summed E-state index contributed by atoms with van der Waals surface area (Å²) in [4.78, 5) is 16.3. The van der Waals surface area contributed by atoms with E-state index >= 15 is 0 Å². The molecule has 35 heavy (non-hydrogen) atoms. The zero-order valence-corrected chi connectivity index (χ0v) is 21.7. The van der Waals surface area contributed by atoms with Crippen LogP contribution in [0.15, 0.2) is 68.6 Å². The Hall–Kier alpha value is -3.42. The molecular formula is C22H21BrN8O2S2. The molecule has 10 nitrogen and oxygen atoms in total. The lowest BCUT2D eigenvalue weighted by atomic mass is 10.2. The Labute approximate surface area is 218 Å². The Morgan fingerprint density at radius 2 is 2.14 bits per heavy atom. The van der Waals surface area contributed by atoms with Gasteiger partial charge in [-0.1, -0.05) is 52.0 Å². The van der Waals surface area contributed by atoms with Gasteiger partial charge in [-0.3, -0.25) is 4.79 Å². The number of amides is 1. The number of hydrogen-bond donors (Lipinski definition) is 3. The first kappa shape index (κ1) is 24.7. The zero-order valence-electron chi connectivity index (χ0n) is 18.5. The molecule has 0 radical (unpaired) electrons. The number of halogens is 1. The van der Waals surface area contributed by atoms with E-state index in [2.05, 4.69) is 47.0 Å². The Bertz CT molecular complexity index is 1340. The number of para-hydroxylation sites is 1. The van der Waals surface area contributed by atoms with Crippen LogP contribution in [0.25, 0.3) is 0 Å². The van der Waals surface area contributed by atoms with Crippen LogP contribution in [0.5, 0.6) is 5.75 Å². The molecule has 0 atom stereocenters. The Balaban J connectivity index is 1.31. The van der Waals surface area contributed by atoms with Crippen molar-refractivity contribution in [1.82, 2.24) is 19.9 Å². The van der Waals surface area contributed by atoms with E-state index in [0.717, 1.165) is 33.1 Å². The van der Waals surface area contributed by atoms with E-state index in [1.165, 1.54) is 16.0 Å². The number of nitrogen functional groups attached to an aromatic ring is 1.